The van der Waals surface area contributed by atoms with E-state index >= 15 is 0 Å². The summed E-state index contributed by atoms with van der Waals surface area (Å²) >= 11 is 0. The molecule has 0 aliphatic heterocycles. The molecule has 2 aromatic rings. The van der Waals surface area contributed by atoms with Gasteiger partial charge in [-0.15, -0.1) is 0 Å². The van der Waals surface area contributed by atoms with Gasteiger partial charge >= 0.3 is 0 Å². The van der Waals surface area contributed by atoms with Crippen LogP contribution in [0.2, 0.25) is 0 Å². The van der Waals surface area contributed by atoms with Gasteiger partial charge in [0.05, 0.1) is 0 Å². The highest BCUT2D eigenvalue weighted by Gasteiger charge is 2.08. The normalized spacial score (nSPS) is 11.6. The van der Waals surface area contributed by atoms with Crippen LogP contribution in [0.4, 0.5) is 0 Å². The molecule has 0 heterocycles. The Labute approximate surface area is 107 Å². The molecule has 2 heteroatoms. The van der Waals surface area contributed by atoms with Gasteiger partial charge in [-0.3, -0.25) is 0 Å². The second-order valence-electron chi connectivity index (χ2n) is 4.25. The molecular weight excluding hydrogens is 222 g/mol. The van der Waals surface area contributed by atoms with Crippen LogP contribution in [0, 0.1) is 18.3 Å². The first kappa shape index (κ1) is 12.2. The number of rotatable bonds is 3. The predicted octanol–water partition coefficient (Wildman–Crippen LogP) is 3.95. The molecule has 0 spiro atoms. The molecule has 2 nitrogen and oxygen atoms in total. The lowest BCUT2D eigenvalue weighted by atomic mass is 10.0. The number of nitriles is 1. The molecule has 1 unspecified atom stereocenters. The summed E-state index contributed by atoms with van der Waals surface area (Å²) in [6.45, 7) is 3.80. The smallest absolute Gasteiger partial charge is 0.181 e. The molecule has 90 valence electrons. The molecule has 0 saturated carbocycles. The second-order valence-corrected chi connectivity index (χ2v) is 4.25. The number of nitrogens with zero attached hydrogens (tertiary/aromatic N) is 1. The monoisotopic (exact) mass is 237 g/mol. The van der Waals surface area contributed by atoms with Crippen molar-refractivity contribution in [1.29, 1.82) is 5.26 Å². The minimum absolute atomic E-state index is 0.448. The Balaban J connectivity index is 2.42. The third-order valence-corrected chi connectivity index (χ3v) is 2.70. The van der Waals surface area contributed by atoms with Gasteiger partial charge in [0.1, 0.15) is 11.8 Å². The largest absolute Gasteiger partial charge is 0.475 e. The van der Waals surface area contributed by atoms with Crippen LogP contribution in [0.15, 0.2) is 48.5 Å². The van der Waals surface area contributed by atoms with Gasteiger partial charge in [0.25, 0.3) is 0 Å². The number of hydrogen-bond acceptors (Lipinski definition) is 2. The van der Waals surface area contributed by atoms with Gasteiger partial charge in [0.2, 0.25) is 0 Å². The van der Waals surface area contributed by atoms with Crippen molar-refractivity contribution in [2.24, 2.45) is 0 Å². The van der Waals surface area contributed by atoms with E-state index < -0.39 is 6.10 Å². The fourth-order valence-electron chi connectivity index (χ4n) is 1.84. The summed E-state index contributed by atoms with van der Waals surface area (Å²) in [6.07, 6.45) is -0.448. The molecule has 18 heavy (non-hydrogen) atoms. The fraction of sp³-hybridized carbons (Fsp3) is 0.188. The lowest BCUT2D eigenvalue weighted by molar-refractivity contribution is 0.277. The minimum Gasteiger partial charge on any atom is -0.475 e. The van der Waals surface area contributed by atoms with Gasteiger partial charge in [0, 0.05) is 5.56 Å². The Kier molecular flexibility index (Phi) is 3.64. The minimum atomic E-state index is -0.448. The standard InChI is InChI=1S/C16H15NO/c1-12-6-5-7-14(10-12)15-8-3-4-9-16(15)18-13(2)11-17/h3-10,13H,1-2H3. The Hall–Kier alpha value is -2.27. The number of aryl methyl sites for hydroxylation is 1. The van der Waals surface area contributed by atoms with Gasteiger partial charge in [0.15, 0.2) is 6.10 Å². The maximum Gasteiger partial charge on any atom is 0.181 e. The average Bonchev–Trinajstić information content (AvgIpc) is 2.39. The van der Waals surface area contributed by atoms with Gasteiger partial charge in [-0.2, -0.15) is 5.26 Å². The zero-order valence-electron chi connectivity index (χ0n) is 10.6. The summed E-state index contributed by atoms with van der Waals surface area (Å²) in [5.74, 6) is 0.747. The molecule has 2 aromatic carbocycles. The van der Waals surface area contributed by atoms with Crippen molar-refractivity contribution in [3.05, 3.63) is 54.1 Å². The van der Waals surface area contributed by atoms with E-state index in [2.05, 4.69) is 25.1 Å². The molecule has 1 atom stereocenters. The molecule has 0 aromatic heterocycles. The highest BCUT2D eigenvalue weighted by Crippen LogP contribution is 2.30. The number of hydrogen-bond donors (Lipinski definition) is 0. The first-order valence-electron chi connectivity index (χ1n) is 5.93. The van der Waals surface area contributed by atoms with Crippen LogP contribution in [0.5, 0.6) is 5.75 Å². The number of ether oxygens (including phenoxy) is 1. The van der Waals surface area contributed by atoms with E-state index in [1.54, 1.807) is 6.92 Å². The van der Waals surface area contributed by atoms with Crippen molar-refractivity contribution in [2.45, 2.75) is 20.0 Å². The van der Waals surface area contributed by atoms with Crippen molar-refractivity contribution < 1.29 is 4.74 Å². The van der Waals surface area contributed by atoms with Crippen molar-refractivity contribution in [2.75, 3.05) is 0 Å². The highest BCUT2D eigenvalue weighted by molar-refractivity contribution is 5.70. The molecule has 0 radical (unpaired) electrons. The maximum absolute atomic E-state index is 8.83. The molecule has 0 bridgehead atoms. The van der Waals surface area contributed by atoms with Crippen molar-refractivity contribution >= 4 is 0 Å². The van der Waals surface area contributed by atoms with E-state index in [-0.39, 0.29) is 0 Å². The Bertz CT molecular complexity index is 584. The maximum atomic E-state index is 8.83. The van der Waals surface area contributed by atoms with E-state index in [9.17, 15) is 0 Å². The van der Waals surface area contributed by atoms with Crippen LogP contribution in [0.3, 0.4) is 0 Å². The molecule has 0 aliphatic rings. The van der Waals surface area contributed by atoms with Crippen molar-refractivity contribution in [1.82, 2.24) is 0 Å². The van der Waals surface area contributed by atoms with Crippen LogP contribution >= 0.6 is 0 Å². The van der Waals surface area contributed by atoms with E-state index in [1.807, 2.05) is 36.4 Å². The number of para-hydroxylation sites is 1. The zero-order valence-corrected chi connectivity index (χ0v) is 10.6. The lowest BCUT2D eigenvalue weighted by Gasteiger charge is -2.13. The third kappa shape index (κ3) is 2.70. The van der Waals surface area contributed by atoms with E-state index in [1.165, 1.54) is 5.56 Å². The van der Waals surface area contributed by atoms with E-state index in [0.717, 1.165) is 16.9 Å². The molecule has 0 amide bonds. The first-order valence-corrected chi connectivity index (χ1v) is 5.93. The molecule has 0 aliphatic carbocycles. The topological polar surface area (TPSA) is 33.0 Å². The molecule has 0 fully saturated rings. The van der Waals surface area contributed by atoms with Crippen LogP contribution < -0.4 is 4.74 Å². The quantitative estimate of drug-likeness (QED) is 0.809. The second kappa shape index (κ2) is 5.37. The van der Waals surface area contributed by atoms with Crippen LogP contribution in [-0.2, 0) is 0 Å². The predicted molar refractivity (Wildman–Crippen MR) is 72.3 cm³/mol. The van der Waals surface area contributed by atoms with Crippen molar-refractivity contribution in [3.63, 3.8) is 0 Å². The first-order chi connectivity index (χ1) is 8.70. The summed E-state index contributed by atoms with van der Waals surface area (Å²) < 4.78 is 5.63. The number of benzene rings is 2. The summed E-state index contributed by atoms with van der Waals surface area (Å²) in [7, 11) is 0. The van der Waals surface area contributed by atoms with Gasteiger partial charge < -0.3 is 4.74 Å². The fourth-order valence-corrected chi connectivity index (χ4v) is 1.84. The Morgan fingerprint density at radius 2 is 1.89 bits per heavy atom. The van der Waals surface area contributed by atoms with Gasteiger partial charge in [-0.1, -0.05) is 48.0 Å². The zero-order chi connectivity index (χ0) is 13.0. The Morgan fingerprint density at radius 1 is 1.11 bits per heavy atom. The van der Waals surface area contributed by atoms with Crippen LogP contribution in [0.1, 0.15) is 12.5 Å². The summed E-state index contributed by atoms with van der Waals surface area (Å²) in [4.78, 5) is 0. The summed E-state index contributed by atoms with van der Waals surface area (Å²) in [6, 6.07) is 18.1. The lowest BCUT2D eigenvalue weighted by Crippen LogP contribution is -2.08. The van der Waals surface area contributed by atoms with Gasteiger partial charge in [-0.05, 0) is 25.5 Å². The molecule has 0 N–H and O–H groups in total. The van der Waals surface area contributed by atoms with E-state index in [4.69, 9.17) is 10.00 Å². The third-order valence-electron chi connectivity index (χ3n) is 2.70. The molecular formula is C16H15NO. The highest BCUT2D eigenvalue weighted by atomic mass is 16.5. The summed E-state index contributed by atoms with van der Waals surface area (Å²) in [5, 5.41) is 8.83. The molecule has 0 saturated heterocycles. The summed E-state index contributed by atoms with van der Waals surface area (Å²) in [5.41, 5.74) is 3.33. The Morgan fingerprint density at radius 3 is 2.61 bits per heavy atom. The molecule has 2 rings (SSSR count). The SMILES string of the molecule is Cc1cccc(-c2ccccc2OC(C)C#N)c1. The van der Waals surface area contributed by atoms with Crippen molar-refractivity contribution in [3.8, 4) is 22.9 Å². The van der Waals surface area contributed by atoms with Gasteiger partial charge in [-0.25, -0.2) is 0 Å². The van der Waals surface area contributed by atoms with E-state index in [0.29, 0.717) is 0 Å². The van der Waals surface area contributed by atoms with Crippen LogP contribution in [-0.4, -0.2) is 6.10 Å². The van der Waals surface area contributed by atoms with Crippen LogP contribution in [0.25, 0.3) is 11.1 Å². The average molecular weight is 237 g/mol.